The molecule has 11 aliphatic rings. The fraction of sp³-hybridized carbons (Fsp3) is 0.937. The van der Waals surface area contributed by atoms with E-state index in [4.69, 9.17) is 56.8 Å². The summed E-state index contributed by atoms with van der Waals surface area (Å²) in [5, 5.41) is 186. The molecule has 538 valence electrons. The Kier molecular flexibility index (Phi) is 20.8. The van der Waals surface area contributed by atoms with Gasteiger partial charge in [-0.1, -0.05) is 60.1 Å². The lowest BCUT2D eigenvalue weighted by Gasteiger charge is -2.71. The van der Waals surface area contributed by atoms with Crippen LogP contribution in [-0.4, -0.2) is 303 Å². The van der Waals surface area contributed by atoms with Crippen molar-refractivity contribution in [2.24, 2.45) is 50.2 Å². The van der Waals surface area contributed by atoms with E-state index in [2.05, 4.69) is 54.5 Å². The first-order valence-corrected chi connectivity index (χ1v) is 33.0. The third kappa shape index (κ3) is 12.3. The van der Waals surface area contributed by atoms with Crippen molar-refractivity contribution >= 4 is 11.9 Å². The summed E-state index contributed by atoms with van der Waals surface area (Å²) in [5.41, 5.74) is -3.11. The normalized spacial score (nSPS) is 54.2. The third-order valence-electron chi connectivity index (χ3n) is 24.4. The second-order valence-corrected chi connectivity index (χ2v) is 30.7. The van der Waals surface area contributed by atoms with Crippen LogP contribution in [0.2, 0.25) is 0 Å². The summed E-state index contributed by atoms with van der Waals surface area (Å²) in [7, 11) is 0. The van der Waals surface area contributed by atoms with Crippen LogP contribution in [-0.2, 0) is 66.4 Å². The number of fused-ring (bicyclic) bond motifs is 7. The van der Waals surface area contributed by atoms with Crippen molar-refractivity contribution in [3.05, 3.63) is 11.6 Å². The van der Waals surface area contributed by atoms with E-state index in [0.717, 1.165) is 5.57 Å². The number of aliphatic hydroxyl groups excluding tert-OH is 16. The molecule has 31 heteroatoms. The molecule has 31 nitrogen and oxygen atoms in total. The first-order chi connectivity index (χ1) is 44.0. The Balaban J connectivity index is 0.852. The SMILES string of the molecule is CC1OC(OC2C(OC(=O)C34CCC(C)(C)CC3C3=CCC5C6(C)CCC(OC7OC(C(=O)O)C(O)C(O)C7O)C(C)(C)C6CCC5(C)C3(C)CC4O)OCC(O)C2OC2OC(CO)C(O)C(O)C2O)C(O)C(O)C1OC1OCC(O)C(OC2OCC(O)C(O)C2O)C1O. The number of carbonyl (C=O) groups is 2. The third-order valence-corrected chi connectivity index (χ3v) is 24.4. The summed E-state index contributed by atoms with van der Waals surface area (Å²) < 4.78 is 71.6. The molecule has 11 rings (SSSR count). The minimum Gasteiger partial charge on any atom is -0.479 e. The summed E-state index contributed by atoms with van der Waals surface area (Å²) in [5.74, 6) is -2.99. The zero-order chi connectivity index (χ0) is 68.6. The molecule has 6 heterocycles. The predicted octanol–water partition coefficient (Wildman–Crippen LogP) is -4.38. The lowest BCUT2D eigenvalue weighted by molar-refractivity contribution is -0.388. The van der Waals surface area contributed by atoms with E-state index in [1.807, 2.05) is 0 Å². The van der Waals surface area contributed by atoms with Gasteiger partial charge in [0, 0.05) is 0 Å². The van der Waals surface area contributed by atoms with Gasteiger partial charge in [-0.3, -0.25) is 4.79 Å². The molecule has 0 aromatic heterocycles. The van der Waals surface area contributed by atoms with Crippen molar-refractivity contribution in [1.29, 1.82) is 0 Å². The van der Waals surface area contributed by atoms with Gasteiger partial charge in [-0.2, -0.15) is 0 Å². The molecular weight excluding hydrogens is 1250 g/mol. The number of esters is 1. The Bertz CT molecular complexity index is 2710. The Hall–Kier alpha value is -2.40. The van der Waals surface area contributed by atoms with E-state index in [1.54, 1.807) is 0 Å². The minimum absolute atomic E-state index is 0.0157. The molecule has 0 aromatic carbocycles. The Labute approximate surface area is 543 Å². The standard InChI is InChI=1S/C63H100O31/c1-23-45(89-52-44(79)46(27(66)21-84-52)90-51-40(75)34(69)26(65)20-83-51)39(74)43(78)53(86-23)93-49-47(91-54-41(76)36(71)35(70)29(19-64)87-54)28(67)22-85-56(49)94-57(82)63-16-15-58(2,3)17-25(63)24-9-10-31-60(6)13-12-33(88-55-42(77)37(72)38(73)48(92-55)50(80)81)59(4,5)30(60)11-14-61(31,7)62(24,8)18-32(63)68/h9,23,25-49,51-56,64-79H,10-22H2,1-8H3,(H,80,81). The van der Waals surface area contributed by atoms with Gasteiger partial charge in [-0.25, -0.2) is 4.79 Å². The zero-order valence-electron chi connectivity index (χ0n) is 54.1. The average molecular weight is 1350 g/mol. The first kappa shape index (κ1) is 72.8. The van der Waals surface area contributed by atoms with E-state index in [0.29, 0.717) is 44.9 Å². The van der Waals surface area contributed by atoms with Crippen LogP contribution in [0.5, 0.6) is 0 Å². The molecule has 0 bridgehead atoms. The van der Waals surface area contributed by atoms with Gasteiger partial charge in [0.25, 0.3) is 0 Å². The number of carboxylic acids is 1. The fourth-order valence-corrected chi connectivity index (χ4v) is 18.7. The number of aliphatic carboxylic acids is 1. The fourth-order valence-electron chi connectivity index (χ4n) is 18.7. The molecule has 0 aromatic rings. The van der Waals surface area contributed by atoms with E-state index in [-0.39, 0.29) is 35.5 Å². The number of aliphatic hydroxyl groups is 16. The van der Waals surface area contributed by atoms with Crippen LogP contribution < -0.4 is 0 Å². The summed E-state index contributed by atoms with van der Waals surface area (Å²) in [4.78, 5) is 27.9. The second-order valence-electron chi connectivity index (χ2n) is 30.7. The minimum atomic E-state index is -2.11. The highest BCUT2D eigenvalue weighted by Crippen LogP contribution is 2.76. The molecular formula is C63H100O31. The molecule has 6 aliphatic heterocycles. The lowest BCUT2D eigenvalue weighted by Crippen LogP contribution is -2.68. The van der Waals surface area contributed by atoms with Crippen LogP contribution in [0.3, 0.4) is 0 Å². The molecule has 10 fully saturated rings. The maximum atomic E-state index is 15.9. The number of allylic oxidation sites excluding steroid dienone is 2. The molecule has 0 radical (unpaired) electrons. The van der Waals surface area contributed by atoms with Gasteiger partial charge in [0.05, 0.1) is 44.7 Å². The zero-order valence-corrected chi connectivity index (χ0v) is 54.1. The van der Waals surface area contributed by atoms with Gasteiger partial charge in [0.15, 0.2) is 43.7 Å². The van der Waals surface area contributed by atoms with Crippen LogP contribution in [0, 0.1) is 50.2 Å². The quantitative estimate of drug-likeness (QED) is 0.0444. The van der Waals surface area contributed by atoms with Crippen molar-refractivity contribution in [1.82, 2.24) is 0 Å². The molecule has 17 N–H and O–H groups in total. The van der Waals surface area contributed by atoms with Crippen LogP contribution in [0.15, 0.2) is 11.6 Å². The summed E-state index contributed by atoms with van der Waals surface area (Å²) in [6, 6.07) is 0. The highest BCUT2D eigenvalue weighted by atomic mass is 16.8. The van der Waals surface area contributed by atoms with Gasteiger partial charge in [-0.05, 0) is 110 Å². The maximum Gasteiger partial charge on any atom is 0.335 e. The number of hydrogen-bond donors (Lipinski definition) is 17. The number of hydrogen-bond acceptors (Lipinski definition) is 30. The Morgan fingerprint density at radius 1 is 0.521 bits per heavy atom. The largest absolute Gasteiger partial charge is 0.479 e. The van der Waals surface area contributed by atoms with E-state index in [1.165, 1.54) is 6.92 Å². The average Bonchev–Trinajstić information content (AvgIpc) is 0.672. The highest BCUT2D eigenvalue weighted by molar-refractivity contribution is 5.80. The molecule has 36 atom stereocenters. The molecule has 36 unspecified atom stereocenters. The number of carboxylic acid groups (broad SMARTS) is 1. The monoisotopic (exact) mass is 1350 g/mol. The second kappa shape index (κ2) is 26.8. The molecule has 0 amide bonds. The highest BCUT2D eigenvalue weighted by Gasteiger charge is 2.72. The number of rotatable bonds is 14. The van der Waals surface area contributed by atoms with Crippen LogP contribution in [0.25, 0.3) is 0 Å². The molecule has 0 spiro atoms. The molecule has 4 saturated carbocycles. The lowest BCUT2D eigenvalue weighted by atomic mass is 9.33. The van der Waals surface area contributed by atoms with Gasteiger partial charge in [0.2, 0.25) is 6.29 Å². The van der Waals surface area contributed by atoms with E-state index < -0.39 is 244 Å². The van der Waals surface area contributed by atoms with Crippen molar-refractivity contribution in [3.8, 4) is 0 Å². The predicted molar refractivity (Wildman–Crippen MR) is 311 cm³/mol. The molecule has 5 aliphatic carbocycles. The van der Waals surface area contributed by atoms with Crippen molar-refractivity contribution in [2.75, 3.05) is 26.4 Å². The van der Waals surface area contributed by atoms with Crippen molar-refractivity contribution in [3.63, 3.8) is 0 Å². The van der Waals surface area contributed by atoms with Gasteiger partial charge in [0.1, 0.15) is 115 Å². The van der Waals surface area contributed by atoms with Gasteiger partial charge >= 0.3 is 11.9 Å². The Morgan fingerprint density at radius 3 is 1.73 bits per heavy atom. The van der Waals surface area contributed by atoms with Crippen LogP contribution in [0.1, 0.15) is 113 Å². The summed E-state index contributed by atoms with van der Waals surface area (Å²) in [6.45, 7) is 14.0. The van der Waals surface area contributed by atoms with Crippen molar-refractivity contribution < 1.29 is 153 Å². The van der Waals surface area contributed by atoms with Gasteiger partial charge < -0.3 is 144 Å². The van der Waals surface area contributed by atoms with E-state index in [9.17, 15) is 91.6 Å². The smallest absolute Gasteiger partial charge is 0.335 e. The van der Waals surface area contributed by atoms with E-state index >= 15 is 4.79 Å². The first-order valence-electron chi connectivity index (χ1n) is 33.0. The van der Waals surface area contributed by atoms with Crippen LogP contribution >= 0.6 is 0 Å². The summed E-state index contributed by atoms with van der Waals surface area (Å²) in [6.07, 6.45) is -43.0. The molecule has 94 heavy (non-hydrogen) atoms. The number of carbonyl (C=O) groups excluding carboxylic acids is 1. The molecule has 6 saturated heterocycles. The van der Waals surface area contributed by atoms with Crippen molar-refractivity contribution in [2.45, 2.75) is 291 Å². The van der Waals surface area contributed by atoms with Crippen LogP contribution in [0.4, 0.5) is 0 Å². The topological polar surface area (TPSA) is 489 Å². The van der Waals surface area contributed by atoms with Gasteiger partial charge in [-0.15, -0.1) is 0 Å². The maximum absolute atomic E-state index is 15.9. The summed E-state index contributed by atoms with van der Waals surface area (Å²) >= 11 is 0. The number of ether oxygens (including phenoxy) is 12. The Morgan fingerprint density at radius 2 is 1.07 bits per heavy atom.